The van der Waals surface area contributed by atoms with Crippen molar-refractivity contribution in [2.45, 2.75) is 237 Å². The molecular formula is C41H81NO5. The van der Waals surface area contributed by atoms with Gasteiger partial charge in [0.25, 0.3) is 0 Å². The lowest BCUT2D eigenvalue weighted by molar-refractivity contribution is -0.132. The Morgan fingerprint density at radius 3 is 1.26 bits per heavy atom. The van der Waals surface area contributed by atoms with Gasteiger partial charge < -0.3 is 25.7 Å². The van der Waals surface area contributed by atoms with Crippen molar-refractivity contribution in [2.75, 3.05) is 6.61 Å². The fourth-order valence-corrected chi connectivity index (χ4v) is 6.40. The number of carbonyl (C=O) groups excluding carboxylic acids is 1. The predicted octanol–water partition coefficient (Wildman–Crippen LogP) is 10.2. The summed E-state index contributed by atoms with van der Waals surface area (Å²) in [5.41, 5.74) is 0. The third kappa shape index (κ3) is 30.8. The Morgan fingerprint density at radius 2 is 0.851 bits per heavy atom. The standard InChI is InChI=1S/C41H81NO5/c1-3-5-7-8-9-10-11-12-13-14-15-16-17-18-19-20-21-22-23-24-25-26-27-28-29-30-31-33-35-39(45)41(47)42-37(36-43)40(46)38(44)34-32-6-4-2/h18-19,37-40,43-46H,3-17,20-36H2,1-2H3,(H,42,47)/b19-18-. The number of nitrogens with one attached hydrogen (secondary N) is 1. The summed E-state index contributed by atoms with van der Waals surface area (Å²) in [6.07, 6.45) is 39.2. The summed E-state index contributed by atoms with van der Waals surface area (Å²) in [5.74, 6) is -0.592. The summed E-state index contributed by atoms with van der Waals surface area (Å²) < 4.78 is 0. The van der Waals surface area contributed by atoms with Gasteiger partial charge in [-0.05, 0) is 38.5 Å². The van der Waals surface area contributed by atoms with Gasteiger partial charge in [0, 0.05) is 0 Å². The van der Waals surface area contributed by atoms with Crippen LogP contribution in [0.1, 0.15) is 213 Å². The second-order valence-corrected chi connectivity index (χ2v) is 14.3. The maximum Gasteiger partial charge on any atom is 0.249 e. The molecule has 0 aromatic heterocycles. The van der Waals surface area contributed by atoms with E-state index in [1.807, 2.05) is 0 Å². The van der Waals surface area contributed by atoms with Gasteiger partial charge in [-0.25, -0.2) is 0 Å². The van der Waals surface area contributed by atoms with Gasteiger partial charge in [-0.1, -0.05) is 187 Å². The van der Waals surface area contributed by atoms with Crippen molar-refractivity contribution in [1.82, 2.24) is 5.32 Å². The molecule has 4 atom stereocenters. The molecule has 0 aliphatic carbocycles. The van der Waals surface area contributed by atoms with Crippen LogP contribution in [0.3, 0.4) is 0 Å². The van der Waals surface area contributed by atoms with E-state index >= 15 is 0 Å². The highest BCUT2D eigenvalue weighted by atomic mass is 16.3. The molecular weight excluding hydrogens is 586 g/mol. The molecule has 0 rings (SSSR count). The summed E-state index contributed by atoms with van der Waals surface area (Å²) in [4.78, 5) is 12.3. The van der Waals surface area contributed by atoms with Crippen molar-refractivity contribution < 1.29 is 25.2 Å². The van der Waals surface area contributed by atoms with E-state index in [9.17, 15) is 25.2 Å². The van der Waals surface area contributed by atoms with Crippen LogP contribution in [0.2, 0.25) is 0 Å². The van der Waals surface area contributed by atoms with Crippen LogP contribution in [0, 0.1) is 0 Å². The lowest BCUT2D eigenvalue weighted by Crippen LogP contribution is -2.53. The number of hydrogen-bond acceptors (Lipinski definition) is 5. The Hall–Kier alpha value is -0.950. The Labute approximate surface area is 292 Å². The average Bonchev–Trinajstić information content (AvgIpc) is 3.07. The van der Waals surface area contributed by atoms with E-state index in [1.54, 1.807) is 0 Å². The summed E-state index contributed by atoms with van der Waals surface area (Å²) >= 11 is 0. The van der Waals surface area contributed by atoms with E-state index in [1.165, 1.54) is 148 Å². The molecule has 0 radical (unpaired) electrons. The van der Waals surface area contributed by atoms with Gasteiger partial charge >= 0.3 is 0 Å². The van der Waals surface area contributed by atoms with Crippen LogP contribution in [0.15, 0.2) is 12.2 Å². The van der Waals surface area contributed by atoms with Gasteiger partial charge in [0.05, 0.1) is 18.8 Å². The SMILES string of the molecule is CCCCCCCCCCCCCC/C=C\CCCCCCCCCCCCCCC(O)C(=O)NC(CO)C(O)C(O)CCCCC. The third-order valence-electron chi connectivity index (χ3n) is 9.73. The molecule has 6 nitrogen and oxygen atoms in total. The van der Waals surface area contributed by atoms with E-state index in [0.717, 1.165) is 38.5 Å². The summed E-state index contributed by atoms with van der Waals surface area (Å²) in [6.45, 7) is 3.86. The van der Waals surface area contributed by atoms with Gasteiger partial charge in [0.15, 0.2) is 0 Å². The first kappa shape index (κ1) is 46.0. The number of aliphatic hydroxyl groups excluding tert-OH is 4. The van der Waals surface area contributed by atoms with Crippen LogP contribution in [0.25, 0.3) is 0 Å². The molecule has 0 heterocycles. The third-order valence-corrected chi connectivity index (χ3v) is 9.73. The Balaban J connectivity index is 3.48. The highest BCUT2D eigenvalue weighted by Gasteiger charge is 2.28. The molecule has 47 heavy (non-hydrogen) atoms. The van der Waals surface area contributed by atoms with Crippen LogP contribution in [0.4, 0.5) is 0 Å². The first-order valence-electron chi connectivity index (χ1n) is 20.6. The zero-order valence-electron chi connectivity index (χ0n) is 31.3. The maximum absolute atomic E-state index is 12.3. The highest BCUT2D eigenvalue weighted by molar-refractivity contribution is 5.80. The molecule has 0 saturated heterocycles. The van der Waals surface area contributed by atoms with Crippen LogP contribution in [-0.2, 0) is 4.79 Å². The molecule has 0 fully saturated rings. The number of amides is 1. The van der Waals surface area contributed by atoms with Crippen LogP contribution in [-0.4, -0.2) is 57.3 Å². The first-order chi connectivity index (χ1) is 23.0. The fraction of sp³-hybridized carbons (Fsp3) is 0.927. The summed E-state index contributed by atoms with van der Waals surface area (Å²) in [5, 5.41) is 42.7. The molecule has 0 aromatic rings. The topological polar surface area (TPSA) is 110 Å². The Morgan fingerprint density at radius 1 is 0.511 bits per heavy atom. The number of rotatable bonds is 37. The van der Waals surface area contributed by atoms with Gasteiger partial charge in [-0.2, -0.15) is 0 Å². The monoisotopic (exact) mass is 668 g/mol. The Bertz CT molecular complexity index is 672. The second kappa shape index (κ2) is 36.3. The van der Waals surface area contributed by atoms with Crippen molar-refractivity contribution in [2.24, 2.45) is 0 Å². The minimum atomic E-state index is -1.25. The highest BCUT2D eigenvalue weighted by Crippen LogP contribution is 2.16. The molecule has 280 valence electrons. The number of allylic oxidation sites excluding steroid dienone is 2. The number of hydrogen-bond donors (Lipinski definition) is 5. The summed E-state index contributed by atoms with van der Waals surface area (Å²) in [6, 6.07) is -0.977. The van der Waals surface area contributed by atoms with Gasteiger partial charge in [0.1, 0.15) is 12.2 Å². The molecule has 0 aliphatic rings. The average molecular weight is 668 g/mol. The zero-order valence-corrected chi connectivity index (χ0v) is 31.3. The van der Waals surface area contributed by atoms with Gasteiger partial charge in [-0.15, -0.1) is 0 Å². The molecule has 5 N–H and O–H groups in total. The number of carbonyl (C=O) groups is 1. The largest absolute Gasteiger partial charge is 0.394 e. The zero-order chi connectivity index (χ0) is 34.6. The van der Waals surface area contributed by atoms with E-state index in [0.29, 0.717) is 12.8 Å². The smallest absolute Gasteiger partial charge is 0.249 e. The predicted molar refractivity (Wildman–Crippen MR) is 201 cm³/mol. The van der Waals surface area contributed by atoms with Crippen LogP contribution >= 0.6 is 0 Å². The van der Waals surface area contributed by atoms with Crippen molar-refractivity contribution in [3.05, 3.63) is 12.2 Å². The van der Waals surface area contributed by atoms with Crippen LogP contribution < -0.4 is 5.32 Å². The van der Waals surface area contributed by atoms with Crippen LogP contribution in [0.5, 0.6) is 0 Å². The normalized spacial score (nSPS) is 14.4. The lowest BCUT2D eigenvalue weighted by Gasteiger charge is -2.27. The maximum atomic E-state index is 12.3. The number of unbranched alkanes of at least 4 members (excludes halogenated alkanes) is 26. The number of aliphatic hydroxyl groups is 4. The van der Waals surface area contributed by atoms with Gasteiger partial charge in [0.2, 0.25) is 5.91 Å². The van der Waals surface area contributed by atoms with Crippen molar-refractivity contribution in [3.8, 4) is 0 Å². The van der Waals surface area contributed by atoms with Gasteiger partial charge in [-0.3, -0.25) is 4.79 Å². The first-order valence-corrected chi connectivity index (χ1v) is 20.6. The molecule has 0 bridgehead atoms. The summed E-state index contributed by atoms with van der Waals surface area (Å²) in [7, 11) is 0. The molecule has 1 amide bonds. The Kier molecular flexibility index (Phi) is 35.6. The van der Waals surface area contributed by atoms with Crippen molar-refractivity contribution in [3.63, 3.8) is 0 Å². The molecule has 0 spiro atoms. The molecule has 0 aliphatic heterocycles. The minimum Gasteiger partial charge on any atom is -0.394 e. The van der Waals surface area contributed by atoms with E-state index in [2.05, 4.69) is 31.3 Å². The van der Waals surface area contributed by atoms with E-state index in [4.69, 9.17) is 0 Å². The molecule has 0 saturated carbocycles. The molecule has 0 aromatic carbocycles. The van der Waals surface area contributed by atoms with Crippen molar-refractivity contribution >= 4 is 5.91 Å². The lowest BCUT2D eigenvalue weighted by atomic mass is 10.00. The fourth-order valence-electron chi connectivity index (χ4n) is 6.40. The van der Waals surface area contributed by atoms with E-state index in [-0.39, 0.29) is 0 Å². The second-order valence-electron chi connectivity index (χ2n) is 14.3. The molecule has 6 heteroatoms. The minimum absolute atomic E-state index is 0.369. The quantitative estimate of drug-likeness (QED) is 0.0335. The van der Waals surface area contributed by atoms with Crippen molar-refractivity contribution in [1.29, 1.82) is 0 Å². The van der Waals surface area contributed by atoms with E-state index < -0.39 is 36.9 Å². The molecule has 4 unspecified atom stereocenters.